The molecule has 0 radical (unpaired) electrons. The van der Waals surface area contributed by atoms with Gasteiger partial charge in [-0.1, -0.05) is 193 Å². The average molecular weight is 1880 g/mol. The van der Waals surface area contributed by atoms with Gasteiger partial charge in [-0.05, 0) is 227 Å². The first-order valence-corrected chi connectivity index (χ1v) is 51.5. The van der Waals surface area contributed by atoms with E-state index in [2.05, 4.69) is 57.2 Å². The van der Waals surface area contributed by atoms with Crippen LogP contribution < -0.4 is 0 Å². The normalized spacial score (nSPS) is 35.4. The third-order valence-electron chi connectivity index (χ3n) is 31.8. The zero-order chi connectivity index (χ0) is 98.2. The Morgan fingerprint density at radius 3 is 0.948 bits per heavy atom. The lowest BCUT2D eigenvalue weighted by molar-refractivity contribution is -0.274. The summed E-state index contributed by atoms with van der Waals surface area (Å²) in [4.78, 5) is 168. The molecule has 0 saturated carbocycles. The predicted molar refractivity (Wildman–Crippen MR) is 506 cm³/mol. The van der Waals surface area contributed by atoms with Gasteiger partial charge in [-0.3, -0.25) is 43.2 Å². The Labute approximate surface area is 800 Å². The summed E-state index contributed by atoms with van der Waals surface area (Å²) >= 11 is 0. The topological polar surface area (TPSA) is 391 Å². The Morgan fingerprint density at radius 2 is 0.630 bits per heavy atom. The van der Waals surface area contributed by atoms with Crippen LogP contribution in [0, 0.1) is 71.0 Å². The summed E-state index contributed by atoms with van der Waals surface area (Å²) in [5.74, 6) is -20.7. The van der Waals surface area contributed by atoms with Crippen LogP contribution >= 0.6 is 0 Å². The molecule has 9 aliphatic rings. The van der Waals surface area contributed by atoms with Gasteiger partial charge in [0, 0.05) is 92.2 Å². The van der Waals surface area contributed by atoms with Crippen LogP contribution in [-0.2, 0) is 105 Å². The second kappa shape index (κ2) is 51.3. The summed E-state index contributed by atoms with van der Waals surface area (Å²) < 4.78 is 36.8. The number of carbonyl (C=O) groups is 12. The Kier molecular flexibility index (Phi) is 41.5. The molecular formula is C108H159N3O24. The highest BCUT2D eigenvalue weighted by atomic mass is 16.7. The zero-order valence-electron chi connectivity index (χ0n) is 82.5. The molecule has 1 unspecified atom stereocenters. The summed E-state index contributed by atoms with van der Waals surface area (Å²) in [5.41, 5.74) is 3.45. The maximum absolute atomic E-state index is 14.2. The average Bonchev–Trinajstić information content (AvgIpc) is 1.36. The van der Waals surface area contributed by atoms with Crippen LogP contribution in [-0.4, -0.2) is 226 Å². The highest BCUT2D eigenvalue weighted by Gasteiger charge is 2.59. The molecule has 750 valence electrons. The number of hydrogen-bond donors (Lipinski definition) is 6. The van der Waals surface area contributed by atoms with Crippen LogP contribution in [0.5, 0.6) is 0 Å². The molecule has 0 aromatic heterocycles. The number of esters is 3. The van der Waals surface area contributed by atoms with Crippen molar-refractivity contribution in [3.8, 4) is 0 Å². The van der Waals surface area contributed by atoms with E-state index in [1.165, 1.54) is 14.7 Å². The molecule has 3 aromatic carbocycles. The lowest BCUT2D eigenvalue weighted by Crippen LogP contribution is -2.62. The Bertz CT molecular complexity index is 4200. The first-order chi connectivity index (χ1) is 64.4. The smallest absolute Gasteiger partial charge is 0.329 e. The van der Waals surface area contributed by atoms with Crippen molar-refractivity contribution in [1.29, 1.82) is 0 Å². The number of Topliss-reactive ketones (excluding diaryl/α,β-unsaturated/α-hetero) is 6. The lowest BCUT2D eigenvalue weighted by Gasteiger charge is -2.44. The van der Waals surface area contributed by atoms with Crippen molar-refractivity contribution in [2.24, 2.45) is 71.0 Å². The summed E-state index contributed by atoms with van der Waals surface area (Å²) in [6.07, 6.45) is 14.9. The summed E-state index contributed by atoms with van der Waals surface area (Å²) in [6, 6.07) is 27.4. The van der Waals surface area contributed by atoms with E-state index in [4.69, 9.17) is 28.4 Å². The molecule has 9 fully saturated rings. The first kappa shape index (κ1) is 109. The van der Waals surface area contributed by atoms with Gasteiger partial charge in [0.1, 0.15) is 53.8 Å². The molecule has 0 aliphatic carbocycles. The fraction of sp³-hybridized carbons (Fsp3) is 0.722. The Hall–Kier alpha value is -7.86. The number of ether oxygens (including phenoxy) is 6. The fourth-order valence-electron chi connectivity index (χ4n) is 22.1. The van der Waals surface area contributed by atoms with Crippen LogP contribution in [0.3, 0.4) is 0 Å². The summed E-state index contributed by atoms with van der Waals surface area (Å²) in [5, 5.41) is 68.6. The van der Waals surface area contributed by atoms with Crippen molar-refractivity contribution in [2.45, 2.75) is 405 Å². The van der Waals surface area contributed by atoms with Crippen molar-refractivity contribution in [3.05, 3.63) is 108 Å². The summed E-state index contributed by atoms with van der Waals surface area (Å²) in [6.45, 7) is 22.2. The molecule has 6 N–H and O–H groups in total. The molecule has 27 heteroatoms. The summed E-state index contributed by atoms with van der Waals surface area (Å²) in [7, 11) is 0. The van der Waals surface area contributed by atoms with Crippen LogP contribution in [0.1, 0.15) is 312 Å². The second-order valence-electron chi connectivity index (χ2n) is 41.1. The zero-order valence-corrected chi connectivity index (χ0v) is 82.5. The van der Waals surface area contributed by atoms with Crippen LogP contribution in [0.2, 0.25) is 0 Å². The van der Waals surface area contributed by atoms with Gasteiger partial charge in [0.2, 0.25) is 17.4 Å². The van der Waals surface area contributed by atoms with E-state index in [-0.39, 0.29) is 54.7 Å². The molecule has 9 heterocycles. The van der Waals surface area contributed by atoms with E-state index in [0.717, 1.165) is 93.7 Å². The minimum atomic E-state index is -2.80. The third-order valence-corrected chi connectivity index (χ3v) is 31.8. The largest absolute Gasteiger partial charge is 0.461 e. The van der Waals surface area contributed by atoms with Gasteiger partial charge in [-0.2, -0.15) is 0 Å². The van der Waals surface area contributed by atoms with Gasteiger partial charge in [0.15, 0.2) is 0 Å². The van der Waals surface area contributed by atoms with Gasteiger partial charge in [-0.25, -0.2) is 14.4 Å². The molecule has 0 spiro atoms. The SMILES string of the molecule is CC[C@H](Cc1ccccc1)[C@@H]1CCCCCC(=O)[C@@H](C)[C@H](O)[C@@H](C)[C@@H]2CC[C@@H](C)C(=O)C(O)(O2)C(=O)N2CCCC[C@H]2C(=O)O1.CC[C@H](Cc1ccccc1)[C@@H]1CCCCCC(=O)[C@@H](C)[C@H](O)[C@@H](C)[C@@H]2CC[C@@H](C)[C@@](O)(O2)C(=O)C(=O)N2CCCC[C@H]2C(=O)O1.CC[C@H](Cc1ccccc1)[C@@H]1CCCCCC(=O)[C@@H](C)[C@H](O)[C@@H](C)[C@@H]2CC[C@@H](C)[C@@](O)(O2)C(=O)C(=O)N2CCCC[C@H]2C(=O)O1. The number of benzene rings is 3. The number of aliphatic hydroxyl groups is 6. The van der Waals surface area contributed by atoms with Crippen molar-refractivity contribution < 1.29 is 117 Å². The second-order valence-corrected chi connectivity index (χ2v) is 41.1. The van der Waals surface area contributed by atoms with E-state index in [1.54, 1.807) is 62.3 Å². The van der Waals surface area contributed by atoms with E-state index < -0.39 is 197 Å². The van der Waals surface area contributed by atoms with Crippen LogP contribution in [0.4, 0.5) is 0 Å². The van der Waals surface area contributed by atoms with E-state index >= 15 is 0 Å². The maximum atomic E-state index is 14.2. The Balaban J connectivity index is 0.000000209. The van der Waals surface area contributed by atoms with E-state index in [0.29, 0.717) is 154 Å². The van der Waals surface area contributed by atoms with Crippen molar-refractivity contribution in [1.82, 2.24) is 14.7 Å². The number of rotatable bonds is 12. The molecule has 135 heavy (non-hydrogen) atoms. The van der Waals surface area contributed by atoms with Gasteiger partial charge >= 0.3 is 23.7 Å². The fourth-order valence-corrected chi connectivity index (χ4v) is 22.1. The van der Waals surface area contributed by atoms with Gasteiger partial charge in [0.25, 0.3) is 29.3 Å². The maximum Gasteiger partial charge on any atom is 0.329 e. The highest BCUT2D eigenvalue weighted by Crippen LogP contribution is 2.44. The highest BCUT2D eigenvalue weighted by molar-refractivity contribution is 6.39. The number of aliphatic hydroxyl groups excluding tert-OH is 3. The Morgan fingerprint density at radius 1 is 0.341 bits per heavy atom. The number of fused-ring (bicyclic) bond motifs is 9. The van der Waals surface area contributed by atoms with Crippen molar-refractivity contribution in [3.63, 3.8) is 0 Å². The minimum Gasteiger partial charge on any atom is -0.461 e. The molecule has 3 aromatic rings. The first-order valence-electron chi connectivity index (χ1n) is 51.5. The molecule has 3 amide bonds. The molecule has 27 nitrogen and oxygen atoms in total. The monoisotopic (exact) mass is 1880 g/mol. The van der Waals surface area contributed by atoms with E-state index in [9.17, 15) is 88.2 Å². The number of cyclic esters (lactones) is 3. The lowest BCUT2D eigenvalue weighted by atomic mass is 9.79. The molecular weight excluding hydrogens is 1720 g/mol. The van der Waals surface area contributed by atoms with Crippen molar-refractivity contribution >= 4 is 70.3 Å². The standard InChI is InChI=1S/3C36H53NO8/c2*1-5-27(22-26-14-8-6-9-15-26)31-18-11-7-10-17-29(38)24(3)32(39)25(4)30-20-19-23(2)36(43,45-30)33(40)34(41)37-21-13-12-16-28(37)35(42)44-31;1-5-27(22-26-14-8-6-9-15-26)31-18-11-7-10-17-29(38)24(3)32(39)25(4)30-20-19-23(2)33(40)36(43,45-30)35(42)37-21-13-12-16-28(37)34(41)44-31/h3*6,8-9,14-15,23-25,27-28,30-32,39,43H,5,7,10-13,16-22H2,1-4H3/t2*23-,24-,25+,27-,28+,30+,31+,32+,36-;23-,24-,25+,27-,28+,30+,31+,32+,36?/m111/s1. The molecule has 9 saturated heterocycles. The van der Waals surface area contributed by atoms with Gasteiger partial charge in [-0.15, -0.1) is 0 Å². The minimum absolute atomic E-state index is 0.0468. The predicted octanol–water partition coefficient (Wildman–Crippen LogP) is 14.4. The molecule has 9 aliphatic heterocycles. The number of hydrogen-bond acceptors (Lipinski definition) is 24. The quantitative estimate of drug-likeness (QED) is 0.0424. The molecule has 12 rings (SSSR count). The molecule has 27 atom stereocenters. The molecule has 6 bridgehead atoms. The van der Waals surface area contributed by atoms with Crippen molar-refractivity contribution in [2.75, 3.05) is 19.6 Å². The number of amides is 3. The van der Waals surface area contributed by atoms with Crippen LogP contribution in [0.15, 0.2) is 91.0 Å². The van der Waals surface area contributed by atoms with E-state index in [1.807, 2.05) is 54.6 Å². The van der Waals surface area contributed by atoms with Gasteiger partial charge in [0.05, 0.1) is 36.6 Å². The number of carbonyl (C=O) groups excluding carboxylic acids is 12. The number of ketones is 6. The van der Waals surface area contributed by atoms with Gasteiger partial charge < -0.3 is 73.8 Å². The third kappa shape index (κ3) is 27.7. The van der Waals surface area contributed by atoms with Crippen LogP contribution in [0.25, 0.3) is 0 Å². The number of nitrogens with zero attached hydrogens (tertiary/aromatic N) is 3. The number of piperidine rings is 3.